The molecule has 4 heteroatoms. The molecule has 0 saturated heterocycles. The van der Waals surface area contributed by atoms with Crippen molar-refractivity contribution in [1.82, 2.24) is 10.7 Å². The zero-order valence-corrected chi connectivity index (χ0v) is 15.3. The van der Waals surface area contributed by atoms with Gasteiger partial charge in [0.2, 0.25) is 0 Å². The quantitative estimate of drug-likeness (QED) is 0.374. The number of thiocarbonyl (C=S) groups is 1. The van der Waals surface area contributed by atoms with E-state index in [2.05, 4.69) is 61.7 Å². The highest BCUT2D eigenvalue weighted by Crippen LogP contribution is 2.31. The van der Waals surface area contributed by atoms with E-state index < -0.39 is 0 Å². The number of hydrazone groups is 1. The van der Waals surface area contributed by atoms with Gasteiger partial charge in [0.1, 0.15) is 0 Å². The van der Waals surface area contributed by atoms with Crippen LogP contribution in [0.2, 0.25) is 0 Å². The summed E-state index contributed by atoms with van der Waals surface area (Å²) in [6, 6.07) is 8.22. The van der Waals surface area contributed by atoms with Crippen molar-refractivity contribution in [1.29, 1.82) is 0 Å². The number of aryl methyl sites for hydroxylation is 1. The Labute approximate surface area is 145 Å². The molecule has 0 heterocycles. The Morgan fingerprint density at radius 1 is 1.26 bits per heavy atom. The summed E-state index contributed by atoms with van der Waals surface area (Å²) in [6.07, 6.45) is 7.64. The van der Waals surface area contributed by atoms with E-state index in [0.717, 1.165) is 12.0 Å². The van der Waals surface area contributed by atoms with Crippen LogP contribution in [-0.4, -0.2) is 16.9 Å². The zero-order valence-electron chi connectivity index (χ0n) is 14.5. The molecule has 1 aliphatic rings. The number of hydrogen-bond donors (Lipinski definition) is 2. The molecule has 0 spiro atoms. The number of nitrogens with zero attached hydrogens (tertiary/aromatic N) is 1. The molecule has 0 radical (unpaired) electrons. The molecule has 1 aromatic carbocycles. The maximum atomic E-state index is 5.38. The molecule has 1 aliphatic carbocycles. The first-order valence-corrected chi connectivity index (χ1v) is 8.61. The number of allylic oxidation sites excluding steroid dienone is 2. The lowest BCUT2D eigenvalue weighted by atomic mass is 9.77. The topological polar surface area (TPSA) is 36.4 Å². The number of benzene rings is 1. The van der Waals surface area contributed by atoms with E-state index >= 15 is 0 Å². The van der Waals surface area contributed by atoms with E-state index in [1.165, 1.54) is 24.0 Å². The van der Waals surface area contributed by atoms with Crippen molar-refractivity contribution in [3.63, 3.8) is 0 Å². The van der Waals surface area contributed by atoms with Gasteiger partial charge in [0.15, 0.2) is 5.11 Å². The fraction of sp³-hybridized carbons (Fsp3) is 0.474. The fourth-order valence-electron chi connectivity index (χ4n) is 2.86. The lowest BCUT2D eigenvalue weighted by Crippen LogP contribution is -2.52. The molecule has 2 rings (SSSR count). The molecule has 124 valence electrons. The van der Waals surface area contributed by atoms with Crippen molar-refractivity contribution in [2.45, 2.75) is 52.5 Å². The molecule has 0 unspecified atom stereocenters. The number of nitrogens with one attached hydrogen (secondary N) is 2. The minimum Gasteiger partial charge on any atom is -0.356 e. The largest absolute Gasteiger partial charge is 0.356 e. The van der Waals surface area contributed by atoms with Gasteiger partial charge in [-0.05, 0) is 70.7 Å². The summed E-state index contributed by atoms with van der Waals surface area (Å²) in [5.41, 5.74) is 6.68. The van der Waals surface area contributed by atoms with E-state index in [0.29, 0.717) is 11.0 Å². The summed E-state index contributed by atoms with van der Waals surface area (Å²) < 4.78 is 0. The highest BCUT2D eigenvalue weighted by atomic mass is 32.1. The number of rotatable bonds is 4. The molecule has 0 amide bonds. The first-order valence-electron chi connectivity index (χ1n) is 8.20. The maximum Gasteiger partial charge on any atom is 0.187 e. The molecule has 3 nitrogen and oxygen atoms in total. The Morgan fingerprint density at radius 2 is 1.96 bits per heavy atom. The predicted octanol–water partition coefficient (Wildman–Crippen LogP) is 4.32. The molecule has 1 atom stereocenters. The molecular weight excluding hydrogens is 302 g/mol. The van der Waals surface area contributed by atoms with Crippen molar-refractivity contribution in [2.24, 2.45) is 11.0 Å². The van der Waals surface area contributed by atoms with Gasteiger partial charge in [0.05, 0.1) is 6.21 Å². The van der Waals surface area contributed by atoms with Crippen molar-refractivity contribution in [3.05, 3.63) is 47.0 Å². The second-order valence-electron chi connectivity index (χ2n) is 6.98. The van der Waals surface area contributed by atoms with Crippen molar-refractivity contribution >= 4 is 23.5 Å². The molecule has 0 fully saturated rings. The molecule has 0 aliphatic heterocycles. The average molecular weight is 330 g/mol. The van der Waals surface area contributed by atoms with Crippen LogP contribution in [0.25, 0.3) is 0 Å². The second-order valence-corrected chi connectivity index (χ2v) is 7.39. The van der Waals surface area contributed by atoms with E-state index in [1.54, 1.807) is 6.21 Å². The first kappa shape index (κ1) is 17.7. The van der Waals surface area contributed by atoms with Crippen LogP contribution in [0.5, 0.6) is 0 Å². The highest BCUT2D eigenvalue weighted by Gasteiger charge is 2.30. The summed E-state index contributed by atoms with van der Waals surface area (Å²) in [7, 11) is 0. The van der Waals surface area contributed by atoms with Crippen LogP contribution in [-0.2, 0) is 0 Å². The fourth-order valence-corrected chi connectivity index (χ4v) is 3.18. The summed E-state index contributed by atoms with van der Waals surface area (Å²) in [6.45, 7) is 8.71. The third-order valence-corrected chi connectivity index (χ3v) is 4.74. The molecule has 0 saturated carbocycles. The van der Waals surface area contributed by atoms with Gasteiger partial charge in [0.25, 0.3) is 0 Å². The summed E-state index contributed by atoms with van der Waals surface area (Å²) in [4.78, 5) is 0. The Kier molecular flexibility index (Phi) is 5.94. The van der Waals surface area contributed by atoms with E-state index in [1.807, 2.05) is 12.1 Å². The SMILES string of the molecule is CC1=CC[C@H](C(C)(C)NC(=S)N/N=C/c2ccc(C)cc2)CC1. The summed E-state index contributed by atoms with van der Waals surface area (Å²) in [5, 5.41) is 8.21. The Balaban J connectivity index is 1.85. The maximum absolute atomic E-state index is 5.38. The minimum absolute atomic E-state index is 0.0410. The Hall–Kier alpha value is -1.68. The average Bonchev–Trinajstić information content (AvgIpc) is 2.49. The third kappa shape index (κ3) is 5.47. The standard InChI is InChI=1S/C19H27N3S/c1-14-5-9-16(10-6-14)13-20-22-18(23)21-19(3,4)17-11-7-15(2)8-12-17/h5-7,9-10,13,17H,8,11-12H2,1-4H3,(H2,21,22,23)/b20-13+/t17-/m0/s1. The molecule has 23 heavy (non-hydrogen) atoms. The van der Waals surface area contributed by atoms with Crippen molar-refractivity contribution in [3.8, 4) is 0 Å². The van der Waals surface area contributed by atoms with Gasteiger partial charge < -0.3 is 5.32 Å². The minimum atomic E-state index is -0.0410. The van der Waals surface area contributed by atoms with Crippen LogP contribution in [0.1, 0.15) is 51.2 Å². The Morgan fingerprint density at radius 3 is 2.57 bits per heavy atom. The van der Waals surface area contributed by atoms with Crippen LogP contribution in [0.3, 0.4) is 0 Å². The van der Waals surface area contributed by atoms with Gasteiger partial charge in [0, 0.05) is 5.54 Å². The normalized spacial score (nSPS) is 18.6. The third-order valence-electron chi connectivity index (χ3n) is 4.55. The van der Waals surface area contributed by atoms with Crippen LogP contribution in [0.15, 0.2) is 41.0 Å². The summed E-state index contributed by atoms with van der Waals surface area (Å²) in [5.74, 6) is 0.590. The number of hydrogen-bond acceptors (Lipinski definition) is 2. The monoisotopic (exact) mass is 329 g/mol. The highest BCUT2D eigenvalue weighted by molar-refractivity contribution is 7.80. The van der Waals surface area contributed by atoms with Gasteiger partial charge in [-0.2, -0.15) is 5.10 Å². The molecule has 2 N–H and O–H groups in total. The van der Waals surface area contributed by atoms with Gasteiger partial charge in [-0.1, -0.05) is 41.5 Å². The predicted molar refractivity (Wildman–Crippen MR) is 103 cm³/mol. The van der Waals surface area contributed by atoms with Gasteiger partial charge >= 0.3 is 0 Å². The Bertz CT molecular complexity index is 600. The van der Waals surface area contributed by atoms with Crippen molar-refractivity contribution < 1.29 is 0 Å². The summed E-state index contributed by atoms with van der Waals surface area (Å²) >= 11 is 5.38. The lowest BCUT2D eigenvalue weighted by Gasteiger charge is -2.37. The molecule has 1 aromatic rings. The van der Waals surface area contributed by atoms with Gasteiger partial charge in [-0.15, -0.1) is 0 Å². The smallest absolute Gasteiger partial charge is 0.187 e. The van der Waals surface area contributed by atoms with Gasteiger partial charge in [-0.25, -0.2) is 0 Å². The molecule has 0 aromatic heterocycles. The van der Waals surface area contributed by atoms with Crippen LogP contribution >= 0.6 is 12.2 Å². The van der Waals surface area contributed by atoms with Crippen LogP contribution < -0.4 is 10.7 Å². The van der Waals surface area contributed by atoms with E-state index in [4.69, 9.17) is 12.2 Å². The first-order chi connectivity index (χ1) is 10.9. The lowest BCUT2D eigenvalue weighted by molar-refractivity contribution is 0.265. The van der Waals surface area contributed by atoms with E-state index in [-0.39, 0.29) is 5.54 Å². The second kappa shape index (κ2) is 7.73. The molecular formula is C19H27N3S. The van der Waals surface area contributed by atoms with Gasteiger partial charge in [-0.3, -0.25) is 5.43 Å². The van der Waals surface area contributed by atoms with Crippen LogP contribution in [0, 0.1) is 12.8 Å². The zero-order chi connectivity index (χ0) is 16.9. The van der Waals surface area contributed by atoms with E-state index in [9.17, 15) is 0 Å². The molecule has 0 bridgehead atoms. The van der Waals surface area contributed by atoms with Crippen LogP contribution in [0.4, 0.5) is 0 Å². The van der Waals surface area contributed by atoms with Crippen molar-refractivity contribution in [2.75, 3.05) is 0 Å².